The fraction of sp³-hybridized carbons (Fsp3) is 0.519. The lowest BCUT2D eigenvalue weighted by atomic mass is 10.0. The maximum atomic E-state index is 12.7. The summed E-state index contributed by atoms with van der Waals surface area (Å²) >= 11 is 0. The van der Waals surface area contributed by atoms with E-state index in [2.05, 4.69) is 24.0 Å². The largest absolute Gasteiger partial charge is 0.462 e. The molecule has 1 saturated heterocycles. The number of ether oxygens (including phenoxy) is 2. The number of hydrogen-bond acceptors (Lipinski definition) is 7. The van der Waals surface area contributed by atoms with Gasteiger partial charge in [-0.15, -0.1) is 0 Å². The van der Waals surface area contributed by atoms with E-state index >= 15 is 0 Å². The molecule has 0 saturated carbocycles. The molecule has 0 amide bonds. The van der Waals surface area contributed by atoms with E-state index in [1.165, 1.54) is 29.4 Å². The Labute approximate surface area is 205 Å². The number of furan rings is 1. The number of fused-ring (bicyclic) bond motifs is 1. The van der Waals surface area contributed by atoms with E-state index in [4.69, 9.17) is 19.6 Å². The first kappa shape index (κ1) is 25.1. The molecule has 1 fully saturated rings. The molecular formula is C27H35N3O5. The van der Waals surface area contributed by atoms with Crippen LogP contribution in [0.3, 0.4) is 0 Å². The average molecular weight is 482 g/mol. The van der Waals surface area contributed by atoms with Crippen molar-refractivity contribution in [2.45, 2.75) is 77.7 Å². The standard InChI is InChI=1S/C27H35N3O5/c1-4-5-6-7-18-8-10-19(11-9-18)22-14-20-15-30(27(32)29-25(20)35-22)23-13-12-21(34-23)16-33-26(31)24(28)17(2)3/h8-11,14-15,17,21,23-24H,4-7,12-13,16,28H2,1-3H3/t21-,23+,24?/m0/s1. The maximum absolute atomic E-state index is 12.7. The van der Waals surface area contributed by atoms with Gasteiger partial charge < -0.3 is 19.6 Å². The number of benzene rings is 1. The molecule has 35 heavy (non-hydrogen) atoms. The van der Waals surface area contributed by atoms with Crippen molar-refractivity contribution in [1.29, 1.82) is 0 Å². The molecule has 3 aromatic rings. The molecule has 8 nitrogen and oxygen atoms in total. The normalized spacial score (nSPS) is 18.9. The fourth-order valence-electron chi connectivity index (χ4n) is 4.25. The van der Waals surface area contributed by atoms with Gasteiger partial charge in [0.25, 0.3) is 0 Å². The molecule has 1 aromatic carbocycles. The van der Waals surface area contributed by atoms with Gasteiger partial charge in [0.1, 0.15) is 24.6 Å². The second-order valence-electron chi connectivity index (χ2n) is 9.65. The van der Waals surface area contributed by atoms with Crippen molar-refractivity contribution < 1.29 is 18.7 Å². The van der Waals surface area contributed by atoms with Crippen LogP contribution < -0.4 is 11.4 Å². The van der Waals surface area contributed by atoms with E-state index in [1.54, 1.807) is 6.20 Å². The number of aromatic nitrogens is 2. The highest BCUT2D eigenvalue weighted by molar-refractivity contribution is 5.79. The lowest BCUT2D eigenvalue weighted by molar-refractivity contribution is -0.151. The highest BCUT2D eigenvalue weighted by Crippen LogP contribution is 2.30. The third kappa shape index (κ3) is 6.00. The molecule has 1 aliphatic heterocycles. The van der Waals surface area contributed by atoms with Gasteiger partial charge in [-0.05, 0) is 43.2 Å². The third-order valence-corrected chi connectivity index (χ3v) is 6.54. The van der Waals surface area contributed by atoms with Gasteiger partial charge in [-0.1, -0.05) is 57.9 Å². The second kappa shape index (κ2) is 11.2. The molecule has 0 radical (unpaired) electrons. The summed E-state index contributed by atoms with van der Waals surface area (Å²) in [5.74, 6) is 0.232. The first-order valence-corrected chi connectivity index (χ1v) is 12.6. The van der Waals surface area contributed by atoms with Crippen LogP contribution in [0.4, 0.5) is 0 Å². The van der Waals surface area contributed by atoms with Gasteiger partial charge in [-0.2, -0.15) is 4.98 Å². The number of hydrogen-bond donors (Lipinski definition) is 1. The summed E-state index contributed by atoms with van der Waals surface area (Å²) in [5, 5.41) is 0.730. The molecule has 188 valence electrons. The molecule has 3 heterocycles. The maximum Gasteiger partial charge on any atom is 0.353 e. The number of carbonyl (C=O) groups excluding carboxylic acids is 1. The fourth-order valence-corrected chi connectivity index (χ4v) is 4.25. The molecule has 2 N–H and O–H groups in total. The molecule has 4 rings (SSSR count). The first-order valence-electron chi connectivity index (χ1n) is 12.6. The zero-order chi connectivity index (χ0) is 24.9. The smallest absolute Gasteiger partial charge is 0.353 e. The zero-order valence-corrected chi connectivity index (χ0v) is 20.7. The topological polar surface area (TPSA) is 110 Å². The SMILES string of the molecule is CCCCCc1ccc(-c2cc3cn([C@H]4CC[C@@H](COC(=O)C(N)C(C)C)O4)c(=O)nc3o2)cc1. The summed E-state index contributed by atoms with van der Waals surface area (Å²) in [6.45, 7) is 6.06. The molecule has 0 aliphatic carbocycles. The number of unbranched alkanes of at least 4 members (excludes halogenated alkanes) is 2. The number of aryl methyl sites for hydroxylation is 1. The summed E-state index contributed by atoms with van der Waals surface area (Å²) in [7, 11) is 0. The number of nitrogens with zero attached hydrogens (tertiary/aromatic N) is 2. The van der Waals surface area contributed by atoms with Gasteiger partial charge >= 0.3 is 11.7 Å². The average Bonchev–Trinajstić information content (AvgIpc) is 3.48. The molecule has 1 unspecified atom stereocenters. The van der Waals surface area contributed by atoms with E-state index in [9.17, 15) is 9.59 Å². The molecule has 1 aliphatic rings. The lowest BCUT2D eigenvalue weighted by Gasteiger charge is -2.18. The van der Waals surface area contributed by atoms with Crippen molar-refractivity contribution >= 4 is 17.1 Å². The first-order chi connectivity index (χ1) is 16.9. The highest BCUT2D eigenvalue weighted by Gasteiger charge is 2.30. The van der Waals surface area contributed by atoms with Crippen LogP contribution in [-0.4, -0.2) is 34.3 Å². The predicted molar refractivity (Wildman–Crippen MR) is 134 cm³/mol. The van der Waals surface area contributed by atoms with Crippen LogP contribution in [-0.2, 0) is 20.7 Å². The van der Waals surface area contributed by atoms with Gasteiger partial charge in [-0.25, -0.2) is 4.79 Å². The zero-order valence-electron chi connectivity index (χ0n) is 20.7. The Morgan fingerprint density at radius 2 is 2.00 bits per heavy atom. The van der Waals surface area contributed by atoms with E-state index in [-0.39, 0.29) is 18.6 Å². The number of esters is 1. The minimum absolute atomic E-state index is 0.000272. The number of rotatable bonds is 10. The van der Waals surface area contributed by atoms with Crippen LogP contribution >= 0.6 is 0 Å². The van der Waals surface area contributed by atoms with E-state index in [0.717, 1.165) is 17.4 Å². The second-order valence-corrected chi connectivity index (χ2v) is 9.65. The monoisotopic (exact) mass is 481 g/mol. The quantitative estimate of drug-likeness (QED) is 0.333. The van der Waals surface area contributed by atoms with Crippen molar-refractivity contribution in [3.63, 3.8) is 0 Å². The minimum Gasteiger partial charge on any atom is -0.462 e. The molecule has 0 bridgehead atoms. The molecule has 8 heteroatoms. The Hall–Kier alpha value is -2.97. The molecular weight excluding hydrogens is 446 g/mol. The highest BCUT2D eigenvalue weighted by atomic mass is 16.6. The van der Waals surface area contributed by atoms with E-state index in [0.29, 0.717) is 24.3 Å². The Balaban J connectivity index is 1.42. The van der Waals surface area contributed by atoms with Crippen LogP contribution in [0.25, 0.3) is 22.4 Å². The van der Waals surface area contributed by atoms with Crippen LogP contribution in [0, 0.1) is 5.92 Å². The van der Waals surface area contributed by atoms with Crippen LogP contribution in [0.2, 0.25) is 0 Å². The summed E-state index contributed by atoms with van der Waals surface area (Å²) in [5.41, 5.74) is 7.95. The Bertz CT molecular complexity index is 1200. The summed E-state index contributed by atoms with van der Waals surface area (Å²) < 4.78 is 18.7. The summed E-state index contributed by atoms with van der Waals surface area (Å²) in [6.07, 6.45) is 6.96. The van der Waals surface area contributed by atoms with E-state index < -0.39 is 23.9 Å². The molecule has 2 aromatic heterocycles. The van der Waals surface area contributed by atoms with E-state index in [1.807, 2.05) is 32.0 Å². The van der Waals surface area contributed by atoms with Gasteiger partial charge in [0.05, 0.1) is 11.5 Å². The van der Waals surface area contributed by atoms with Crippen molar-refractivity contribution in [1.82, 2.24) is 9.55 Å². The van der Waals surface area contributed by atoms with Gasteiger partial charge in [-0.3, -0.25) is 9.36 Å². The lowest BCUT2D eigenvalue weighted by Crippen LogP contribution is -2.38. The van der Waals surface area contributed by atoms with Crippen molar-refractivity contribution in [2.75, 3.05) is 6.61 Å². The summed E-state index contributed by atoms with van der Waals surface area (Å²) in [6, 6.07) is 9.57. The summed E-state index contributed by atoms with van der Waals surface area (Å²) in [4.78, 5) is 28.8. The van der Waals surface area contributed by atoms with Crippen molar-refractivity contribution in [3.05, 3.63) is 52.6 Å². The molecule has 0 spiro atoms. The van der Waals surface area contributed by atoms with Gasteiger partial charge in [0.2, 0.25) is 5.71 Å². The third-order valence-electron chi connectivity index (χ3n) is 6.54. The Morgan fingerprint density at radius 3 is 2.71 bits per heavy atom. The van der Waals surface area contributed by atoms with Crippen molar-refractivity contribution in [3.8, 4) is 11.3 Å². The van der Waals surface area contributed by atoms with Gasteiger partial charge in [0.15, 0.2) is 0 Å². The Morgan fingerprint density at radius 1 is 1.23 bits per heavy atom. The minimum atomic E-state index is -0.658. The molecule has 3 atom stereocenters. The van der Waals surface area contributed by atoms with Crippen LogP contribution in [0.15, 0.2) is 45.7 Å². The number of carbonyl (C=O) groups is 1. The van der Waals surface area contributed by atoms with Crippen molar-refractivity contribution in [2.24, 2.45) is 11.7 Å². The van der Waals surface area contributed by atoms with Crippen LogP contribution in [0.5, 0.6) is 0 Å². The van der Waals surface area contributed by atoms with Crippen LogP contribution in [0.1, 0.15) is 64.7 Å². The Kier molecular flexibility index (Phi) is 8.03. The van der Waals surface area contributed by atoms with Gasteiger partial charge in [0, 0.05) is 11.8 Å². The predicted octanol–water partition coefficient (Wildman–Crippen LogP) is 4.59. The number of nitrogens with two attached hydrogens (primary N) is 1.